The molecule has 290 valence electrons. The number of para-hydroxylation sites is 1. The fourth-order valence-corrected chi connectivity index (χ4v) is 6.78. The van der Waals surface area contributed by atoms with Crippen LogP contribution in [-0.4, -0.2) is 45.5 Å². The first-order chi connectivity index (χ1) is 25.1. The van der Waals surface area contributed by atoms with Crippen LogP contribution in [0.5, 0.6) is 5.75 Å². The van der Waals surface area contributed by atoms with Crippen LogP contribution in [-0.2, 0) is 42.0 Å². The zero-order valence-electron chi connectivity index (χ0n) is 33.2. The number of carbonyl (C=O) groups is 5. The molecule has 0 bridgehead atoms. The molecular formula is C43H55ClN4O6. The van der Waals surface area contributed by atoms with E-state index >= 15 is 9.59 Å². The van der Waals surface area contributed by atoms with Crippen LogP contribution in [0.3, 0.4) is 0 Å². The fraction of sp³-hybridized carbons (Fsp3) is 0.465. The normalized spacial score (nSPS) is 17.3. The number of hydrogen-bond acceptors (Lipinski definition) is 6. The Morgan fingerprint density at radius 1 is 0.796 bits per heavy atom. The number of ketones is 1. The van der Waals surface area contributed by atoms with Gasteiger partial charge in [0.1, 0.15) is 11.8 Å². The van der Waals surface area contributed by atoms with Crippen molar-refractivity contribution in [3.05, 3.63) is 95.1 Å². The summed E-state index contributed by atoms with van der Waals surface area (Å²) in [6.45, 7) is 18.5. The van der Waals surface area contributed by atoms with E-state index in [4.69, 9.17) is 22.1 Å². The van der Waals surface area contributed by atoms with E-state index in [1.54, 1.807) is 58.0 Å². The summed E-state index contributed by atoms with van der Waals surface area (Å²) in [5.41, 5.74) is 2.94. The number of urea groups is 1. The number of amides is 5. The van der Waals surface area contributed by atoms with Gasteiger partial charge in [-0.1, -0.05) is 135 Å². The van der Waals surface area contributed by atoms with Gasteiger partial charge in [-0.2, -0.15) is 0 Å². The Labute approximate surface area is 324 Å². The van der Waals surface area contributed by atoms with Crippen molar-refractivity contribution in [2.45, 2.75) is 122 Å². The molecule has 1 aliphatic rings. The van der Waals surface area contributed by atoms with Gasteiger partial charge in [-0.3, -0.25) is 19.2 Å². The third kappa shape index (κ3) is 7.90. The Morgan fingerprint density at radius 2 is 1.33 bits per heavy atom. The highest BCUT2D eigenvalue weighted by Gasteiger charge is 2.64. The fourth-order valence-electron chi connectivity index (χ4n) is 6.70. The predicted octanol–water partition coefficient (Wildman–Crippen LogP) is 7.88. The molecule has 1 saturated heterocycles. The monoisotopic (exact) mass is 758 g/mol. The number of halogens is 1. The number of nitrogens with two attached hydrogens (primary N) is 1. The van der Waals surface area contributed by atoms with E-state index < -0.39 is 62.4 Å². The Balaban J connectivity index is 2.24. The van der Waals surface area contributed by atoms with Gasteiger partial charge in [-0.05, 0) is 53.0 Å². The molecule has 3 aromatic rings. The van der Waals surface area contributed by atoms with Crippen molar-refractivity contribution < 1.29 is 28.7 Å². The summed E-state index contributed by atoms with van der Waals surface area (Å²) < 4.78 is 6.39. The van der Waals surface area contributed by atoms with Gasteiger partial charge in [0.05, 0.1) is 0 Å². The molecule has 1 heterocycles. The predicted molar refractivity (Wildman–Crippen MR) is 212 cm³/mol. The molecule has 11 heteroatoms. The number of ether oxygens (including phenoxy) is 1. The van der Waals surface area contributed by atoms with Crippen LogP contribution in [0, 0.1) is 5.41 Å². The number of primary amides is 1. The van der Waals surface area contributed by atoms with Crippen LogP contribution in [0.4, 0.5) is 10.5 Å². The quantitative estimate of drug-likeness (QED) is 0.0816. The van der Waals surface area contributed by atoms with Crippen LogP contribution in [0.25, 0.3) is 0 Å². The minimum absolute atomic E-state index is 0.0117. The lowest BCUT2D eigenvalue weighted by molar-refractivity contribution is -0.153. The molecular weight excluding hydrogens is 704 g/mol. The topological polar surface area (TPSA) is 148 Å². The number of rotatable bonds is 15. The molecule has 3 aromatic carbocycles. The van der Waals surface area contributed by atoms with E-state index in [2.05, 4.69) is 10.6 Å². The first kappa shape index (κ1) is 42.0. The minimum Gasteiger partial charge on any atom is -0.462 e. The third-order valence-corrected chi connectivity index (χ3v) is 11.4. The van der Waals surface area contributed by atoms with Gasteiger partial charge in [0, 0.05) is 35.1 Å². The van der Waals surface area contributed by atoms with E-state index in [0.717, 1.165) is 10.5 Å². The smallest absolute Gasteiger partial charge is 0.326 e. The molecule has 0 aromatic heterocycles. The first-order valence-electron chi connectivity index (χ1n) is 18.6. The number of nitrogens with one attached hydrogen (secondary N) is 2. The van der Waals surface area contributed by atoms with Crippen LogP contribution in [0.15, 0.2) is 72.8 Å². The molecule has 1 aliphatic heterocycles. The SMILES string of the molecule is CCC(Cl)(Oc1cc(C(C(=O)Nc2ccccc2)(C(=O)C(C)(C)C)N2C(=O)NC(Cc3ccccc3)C2=O)c(C(C)(C)CC)cc1C(C)(C)CC)C(N)=O. The van der Waals surface area contributed by atoms with E-state index in [0.29, 0.717) is 29.7 Å². The van der Waals surface area contributed by atoms with Gasteiger partial charge in [0.15, 0.2) is 5.78 Å². The molecule has 0 aliphatic carbocycles. The second-order valence-electron chi connectivity index (χ2n) is 16.4. The largest absolute Gasteiger partial charge is 0.462 e. The standard InChI is InChI=1S/C43H55ClN4O6/c1-11-40(7,8)29-25-31(41(9,10)12-2)33(54-42(44,13-3)36(45)51)26-30(29)43(35(50)39(4,5)6,37(52)46-28-22-18-15-19-23-28)48-34(49)32(47-38(48)53)24-27-20-16-14-17-21-27/h14-23,25-26,32H,11-13,24H2,1-10H3,(H2,45,51)(H,46,52)(H,47,53). The highest BCUT2D eigenvalue weighted by molar-refractivity contribution is 6.33. The van der Waals surface area contributed by atoms with Gasteiger partial charge < -0.3 is 21.1 Å². The molecule has 4 N–H and O–H groups in total. The number of alkyl halides is 1. The molecule has 5 amide bonds. The molecule has 0 saturated carbocycles. The summed E-state index contributed by atoms with van der Waals surface area (Å²) in [6, 6.07) is 19.1. The summed E-state index contributed by atoms with van der Waals surface area (Å²) in [4.78, 5) is 74.0. The molecule has 1 fully saturated rings. The van der Waals surface area contributed by atoms with Crippen LogP contribution < -0.4 is 21.1 Å². The lowest BCUT2D eigenvalue weighted by Gasteiger charge is -2.44. The van der Waals surface area contributed by atoms with Gasteiger partial charge in [-0.15, -0.1) is 0 Å². The number of nitrogens with zero attached hydrogens (tertiary/aromatic N) is 1. The lowest BCUT2D eigenvalue weighted by atomic mass is 9.66. The second-order valence-corrected chi connectivity index (χ2v) is 17.0. The lowest BCUT2D eigenvalue weighted by Crippen LogP contribution is -2.65. The van der Waals surface area contributed by atoms with Crippen LogP contribution >= 0.6 is 11.6 Å². The van der Waals surface area contributed by atoms with Crippen molar-refractivity contribution in [2.24, 2.45) is 11.1 Å². The molecule has 0 radical (unpaired) electrons. The Kier molecular flexibility index (Phi) is 12.1. The summed E-state index contributed by atoms with van der Waals surface area (Å²) in [6.07, 6.45) is 1.28. The summed E-state index contributed by atoms with van der Waals surface area (Å²) >= 11 is 6.78. The first-order valence-corrected chi connectivity index (χ1v) is 19.0. The van der Waals surface area contributed by atoms with Gasteiger partial charge in [-0.25, -0.2) is 9.69 Å². The average molecular weight is 759 g/mol. The van der Waals surface area contributed by atoms with Gasteiger partial charge in [0.25, 0.3) is 22.8 Å². The van der Waals surface area contributed by atoms with E-state index in [-0.39, 0.29) is 24.2 Å². The van der Waals surface area contributed by atoms with E-state index in [1.807, 2.05) is 77.9 Å². The maximum Gasteiger partial charge on any atom is 0.326 e. The number of anilines is 1. The maximum atomic E-state index is 15.6. The zero-order chi connectivity index (χ0) is 40.4. The molecule has 3 unspecified atom stereocenters. The summed E-state index contributed by atoms with van der Waals surface area (Å²) in [5.74, 6) is -3.21. The second kappa shape index (κ2) is 15.6. The summed E-state index contributed by atoms with van der Waals surface area (Å²) in [5, 5.41) is 3.68. The molecule has 54 heavy (non-hydrogen) atoms. The highest BCUT2D eigenvalue weighted by Crippen LogP contribution is 2.49. The number of benzene rings is 3. The van der Waals surface area contributed by atoms with E-state index in [9.17, 15) is 14.4 Å². The molecule has 10 nitrogen and oxygen atoms in total. The minimum atomic E-state index is -2.59. The van der Waals surface area contributed by atoms with Crippen molar-refractivity contribution in [1.82, 2.24) is 10.2 Å². The number of hydrogen-bond donors (Lipinski definition) is 3. The molecule has 0 spiro atoms. The highest BCUT2D eigenvalue weighted by atomic mass is 35.5. The summed E-state index contributed by atoms with van der Waals surface area (Å²) in [7, 11) is 0. The Bertz CT molecular complexity index is 1910. The third-order valence-electron chi connectivity index (χ3n) is 10.8. The van der Waals surface area contributed by atoms with Gasteiger partial charge >= 0.3 is 6.03 Å². The number of carbonyl (C=O) groups excluding carboxylic acids is 5. The van der Waals surface area contributed by atoms with Crippen LogP contribution in [0.2, 0.25) is 0 Å². The maximum absolute atomic E-state index is 15.6. The van der Waals surface area contributed by atoms with Crippen molar-refractivity contribution in [3.63, 3.8) is 0 Å². The Hall–Kier alpha value is -4.70. The average Bonchev–Trinajstić information content (AvgIpc) is 3.40. The van der Waals surface area contributed by atoms with E-state index in [1.165, 1.54) is 6.07 Å². The van der Waals surface area contributed by atoms with Crippen LogP contribution in [0.1, 0.15) is 111 Å². The molecule has 4 rings (SSSR count). The Morgan fingerprint density at radius 3 is 1.83 bits per heavy atom. The number of Topliss-reactive ketones (excluding diaryl/α,β-unsaturated/α-hetero) is 1. The van der Waals surface area contributed by atoms with Gasteiger partial charge in [0.2, 0.25) is 5.54 Å². The van der Waals surface area contributed by atoms with Crippen molar-refractivity contribution >= 4 is 46.8 Å². The van der Waals surface area contributed by atoms with Crippen molar-refractivity contribution in [1.29, 1.82) is 0 Å². The van der Waals surface area contributed by atoms with Crippen molar-refractivity contribution in [3.8, 4) is 5.75 Å². The van der Waals surface area contributed by atoms with Crippen molar-refractivity contribution in [2.75, 3.05) is 5.32 Å². The zero-order valence-corrected chi connectivity index (χ0v) is 33.9. The number of imide groups is 1. The molecule has 3 atom stereocenters.